The van der Waals surface area contributed by atoms with Crippen LogP contribution in [0.1, 0.15) is 82.1 Å². The Labute approximate surface area is 369 Å². The van der Waals surface area contributed by atoms with Crippen molar-refractivity contribution in [3.63, 3.8) is 0 Å². The van der Waals surface area contributed by atoms with Crippen LogP contribution in [0.2, 0.25) is 0 Å². The van der Waals surface area contributed by atoms with E-state index < -0.39 is 132 Å². The third kappa shape index (κ3) is 16.5. The number of nitrogens with zero attached hydrogens (tertiary/aromatic N) is 4. The lowest BCUT2D eigenvalue weighted by Crippen LogP contribution is -2.62. The first-order valence-electron chi connectivity index (χ1n) is 20.6. The van der Waals surface area contributed by atoms with Gasteiger partial charge < -0.3 is 61.2 Å². The molecule has 356 valence electrons. The van der Waals surface area contributed by atoms with Crippen LogP contribution in [-0.2, 0) is 52.7 Å². The van der Waals surface area contributed by atoms with E-state index in [0.717, 1.165) is 19.6 Å². The fourth-order valence-corrected chi connectivity index (χ4v) is 6.09. The molecule has 0 fully saturated rings. The Bertz CT molecular complexity index is 1690. The predicted octanol–water partition coefficient (Wildman–Crippen LogP) is -3.01. The molecule has 7 N–H and O–H groups in total. The van der Waals surface area contributed by atoms with Crippen LogP contribution in [0.5, 0.6) is 0 Å². The second kappa shape index (κ2) is 26.6. The first kappa shape index (κ1) is 57.2. The molecule has 0 spiro atoms. The number of aliphatic hydroxyl groups is 2. The van der Waals surface area contributed by atoms with Crippen molar-refractivity contribution in [3.05, 3.63) is 12.2 Å². The van der Waals surface area contributed by atoms with Gasteiger partial charge in [0.25, 0.3) is 0 Å². The molecule has 22 heteroatoms. The number of hydrogen-bond acceptors (Lipinski definition) is 13. The normalized spacial score (nSPS) is 16.9. The molecule has 63 heavy (non-hydrogen) atoms. The summed E-state index contributed by atoms with van der Waals surface area (Å²) in [5, 5.41) is 33.6. The lowest BCUT2D eigenvalue weighted by atomic mass is 9.92. The second-order valence-corrected chi connectivity index (χ2v) is 15.8. The summed E-state index contributed by atoms with van der Waals surface area (Å²) < 4.78 is 0. The second-order valence-electron chi connectivity index (χ2n) is 15.8. The van der Waals surface area contributed by atoms with Crippen LogP contribution in [0.4, 0.5) is 0 Å². The lowest BCUT2D eigenvalue weighted by molar-refractivity contribution is -0.152. The summed E-state index contributed by atoms with van der Waals surface area (Å²) in [6, 6.07) is -11.1. The van der Waals surface area contributed by atoms with Crippen molar-refractivity contribution in [3.8, 4) is 0 Å². The zero-order valence-electron chi connectivity index (χ0n) is 38.8. The van der Waals surface area contributed by atoms with Crippen LogP contribution < -0.4 is 26.6 Å². The van der Waals surface area contributed by atoms with Crippen molar-refractivity contribution in [1.29, 1.82) is 0 Å². The summed E-state index contributed by atoms with van der Waals surface area (Å²) in [5.74, 6) is -7.39. The fourth-order valence-electron chi connectivity index (χ4n) is 6.09. The number of carbonyl (C=O) groups is 11. The Kier molecular flexibility index (Phi) is 24.2. The van der Waals surface area contributed by atoms with Crippen molar-refractivity contribution in [2.75, 3.05) is 28.2 Å². The van der Waals surface area contributed by atoms with E-state index in [2.05, 4.69) is 26.6 Å². The van der Waals surface area contributed by atoms with Gasteiger partial charge in [-0.1, -0.05) is 19.1 Å². The number of hydrogen-bond donors (Lipinski definition) is 7. The lowest BCUT2D eigenvalue weighted by Gasteiger charge is -2.37. The maximum Gasteiger partial charge on any atom is 0.246 e. The number of likely N-dealkylation sites (N-methyl/N-ethyl adjacent to an activating group) is 4. The Morgan fingerprint density at radius 3 is 1.40 bits per heavy atom. The molecule has 9 amide bonds. The first-order valence-corrected chi connectivity index (χ1v) is 20.6. The van der Waals surface area contributed by atoms with Crippen molar-refractivity contribution < 1.29 is 63.0 Å². The highest BCUT2D eigenvalue weighted by Crippen LogP contribution is 2.19. The molecule has 0 saturated carbocycles. The molecule has 0 saturated heterocycles. The van der Waals surface area contributed by atoms with E-state index in [-0.39, 0.29) is 0 Å². The molecule has 0 aliphatic rings. The third-order valence-corrected chi connectivity index (χ3v) is 10.9. The Morgan fingerprint density at radius 2 is 0.968 bits per heavy atom. The first-order chi connectivity index (χ1) is 29.1. The number of allylic oxidation sites excluding steroid dienone is 2. The molecule has 0 rings (SSSR count). The van der Waals surface area contributed by atoms with Crippen molar-refractivity contribution in [2.45, 2.75) is 149 Å². The topological polar surface area (TPSA) is 301 Å². The van der Waals surface area contributed by atoms with Crippen LogP contribution in [0.3, 0.4) is 0 Å². The molecule has 0 aromatic carbocycles. The van der Waals surface area contributed by atoms with E-state index in [0.29, 0.717) is 19.1 Å². The number of nitrogens with one attached hydrogen (secondary N) is 5. The molecule has 0 aromatic heterocycles. The van der Waals surface area contributed by atoms with E-state index in [1.807, 2.05) is 0 Å². The largest absolute Gasteiger partial charge is 0.391 e. The maximum atomic E-state index is 13.9. The van der Waals surface area contributed by atoms with Gasteiger partial charge in [0.2, 0.25) is 53.7 Å². The zero-order valence-corrected chi connectivity index (χ0v) is 38.8. The van der Waals surface area contributed by atoms with Gasteiger partial charge in [0, 0.05) is 28.2 Å². The van der Waals surface area contributed by atoms with Crippen LogP contribution in [0.15, 0.2) is 12.2 Å². The third-order valence-electron chi connectivity index (χ3n) is 10.9. The van der Waals surface area contributed by atoms with Gasteiger partial charge in [0.15, 0.2) is 5.78 Å². The number of aliphatic hydroxyl groups excluding tert-OH is 2. The van der Waals surface area contributed by atoms with Crippen molar-refractivity contribution >= 4 is 65.7 Å². The molecule has 0 bridgehead atoms. The SMILES string of the molecule is CC=CCC(C)C(O)C(C(=O)NC(C(=O)CC=O)C(C)O)N(C)C(=O)C(C)N(C)C(=O)C(C)NC(=O)C(C)N(C)C(=O)C(C)NC(=O)C(C)NC(=O)C(C)N(C)C(=O)C(C)NC=O. The van der Waals surface area contributed by atoms with Gasteiger partial charge in [0.1, 0.15) is 60.7 Å². The minimum absolute atomic E-state index is 0.302. The maximum absolute atomic E-state index is 13.9. The van der Waals surface area contributed by atoms with Crippen LogP contribution in [0, 0.1) is 5.92 Å². The Balaban J connectivity index is 5.82. The van der Waals surface area contributed by atoms with E-state index >= 15 is 0 Å². The highest BCUT2D eigenvalue weighted by Gasteiger charge is 2.41. The number of amides is 9. The smallest absolute Gasteiger partial charge is 0.246 e. The van der Waals surface area contributed by atoms with Gasteiger partial charge in [-0.25, -0.2) is 0 Å². The van der Waals surface area contributed by atoms with E-state index in [4.69, 9.17) is 0 Å². The minimum Gasteiger partial charge on any atom is -0.391 e. The quantitative estimate of drug-likeness (QED) is 0.0259. The van der Waals surface area contributed by atoms with E-state index in [1.165, 1.54) is 83.6 Å². The van der Waals surface area contributed by atoms with E-state index in [9.17, 15) is 63.0 Å². The number of rotatable bonds is 26. The summed E-state index contributed by atoms with van der Waals surface area (Å²) in [7, 11) is 5.16. The average Bonchev–Trinajstić information content (AvgIpc) is 3.24. The van der Waals surface area contributed by atoms with Crippen LogP contribution in [0.25, 0.3) is 0 Å². The predicted molar refractivity (Wildman–Crippen MR) is 229 cm³/mol. The minimum atomic E-state index is -1.62. The number of Topliss-reactive ketones (excluding diaryl/α,β-unsaturated/α-hetero) is 1. The van der Waals surface area contributed by atoms with Crippen molar-refractivity contribution in [2.24, 2.45) is 5.92 Å². The van der Waals surface area contributed by atoms with Crippen LogP contribution >= 0.6 is 0 Å². The number of aldehydes is 1. The number of carbonyl (C=O) groups excluding carboxylic acids is 11. The van der Waals surface area contributed by atoms with Gasteiger partial charge in [0.05, 0.1) is 18.6 Å². The Morgan fingerprint density at radius 1 is 0.540 bits per heavy atom. The molecular formula is C41H69N9O13. The molecule has 0 aliphatic heterocycles. The molecule has 22 nitrogen and oxygen atoms in total. The molecule has 0 aromatic rings. The van der Waals surface area contributed by atoms with Gasteiger partial charge >= 0.3 is 0 Å². The molecule has 0 heterocycles. The highest BCUT2D eigenvalue weighted by atomic mass is 16.3. The number of ketones is 1. The van der Waals surface area contributed by atoms with Gasteiger partial charge in [-0.15, -0.1) is 0 Å². The van der Waals surface area contributed by atoms with Gasteiger partial charge in [-0.3, -0.25) is 47.9 Å². The van der Waals surface area contributed by atoms with Crippen LogP contribution in [-0.4, -0.2) is 190 Å². The van der Waals surface area contributed by atoms with E-state index in [1.54, 1.807) is 26.0 Å². The summed E-state index contributed by atoms with van der Waals surface area (Å²) in [5.41, 5.74) is 0. The Hall–Kier alpha value is -5.77. The monoisotopic (exact) mass is 896 g/mol. The summed E-state index contributed by atoms with van der Waals surface area (Å²) in [6.07, 6.45) is 0.918. The molecule has 12 atom stereocenters. The van der Waals surface area contributed by atoms with Gasteiger partial charge in [-0.05, 0) is 74.7 Å². The molecule has 0 radical (unpaired) electrons. The standard InChI is InChI=1S/C41H69N9O13/c1-15-16-17-21(2)33(55)32(37(59)46-31(29(10)53)30(54)18-19-51)50(14)41(63)28(9)49(13)40(62)25(6)45-36(58)27(8)48(12)39(61)24(5)44-34(56)22(3)43-35(57)26(7)47(11)38(60)23(4)42-20-52/h15-16,19-29,31-33,53,55H,17-18H2,1-14H3,(H,42,52)(H,43,57)(H,44,56)(H,45,58)(H,46,59). The molecule has 0 aliphatic carbocycles. The summed E-state index contributed by atoms with van der Waals surface area (Å²) in [4.78, 5) is 144. The summed E-state index contributed by atoms with van der Waals surface area (Å²) in [6.45, 7) is 14.3. The van der Waals surface area contributed by atoms with Crippen molar-refractivity contribution in [1.82, 2.24) is 46.2 Å². The molecule has 12 unspecified atom stereocenters. The molecular weight excluding hydrogens is 827 g/mol. The summed E-state index contributed by atoms with van der Waals surface area (Å²) >= 11 is 0. The highest BCUT2D eigenvalue weighted by molar-refractivity contribution is 5.99. The average molecular weight is 896 g/mol. The fraction of sp³-hybridized carbons (Fsp3) is 0.683. The zero-order chi connectivity index (χ0) is 49.2. The van der Waals surface area contributed by atoms with Gasteiger partial charge in [-0.2, -0.15) is 0 Å².